The van der Waals surface area contributed by atoms with E-state index in [4.69, 9.17) is 10.5 Å². The summed E-state index contributed by atoms with van der Waals surface area (Å²) in [4.78, 5) is 2.23. The fraction of sp³-hybridized carbons (Fsp3) is 0.571. The maximum atomic E-state index is 14.2. The van der Waals surface area contributed by atoms with Crippen molar-refractivity contribution in [2.24, 2.45) is 5.73 Å². The van der Waals surface area contributed by atoms with Crippen LogP contribution in [0, 0.1) is 5.82 Å². The predicted molar refractivity (Wildman–Crippen MR) is 77.5 cm³/mol. The van der Waals surface area contributed by atoms with Gasteiger partial charge in [0.05, 0.1) is 12.6 Å². The van der Waals surface area contributed by atoms with Crippen molar-refractivity contribution < 1.29 is 9.13 Å². The van der Waals surface area contributed by atoms with Crippen molar-refractivity contribution in [2.45, 2.75) is 24.9 Å². The van der Waals surface area contributed by atoms with Crippen LogP contribution in [-0.4, -0.2) is 37.7 Å². The third-order valence-electron chi connectivity index (χ3n) is 3.65. The van der Waals surface area contributed by atoms with Gasteiger partial charge in [-0.2, -0.15) is 0 Å². The number of nitrogens with zero attached hydrogens (tertiary/aromatic N) is 1. The van der Waals surface area contributed by atoms with Crippen molar-refractivity contribution in [3.8, 4) is 0 Å². The summed E-state index contributed by atoms with van der Waals surface area (Å²) in [6.07, 6.45) is 1.99. The van der Waals surface area contributed by atoms with Crippen LogP contribution < -0.4 is 5.73 Å². The molecule has 2 unspecified atom stereocenters. The zero-order valence-corrected chi connectivity index (χ0v) is 12.7. The number of rotatable bonds is 4. The second kappa shape index (κ2) is 6.79. The van der Waals surface area contributed by atoms with Crippen LogP contribution in [0.2, 0.25) is 0 Å². The van der Waals surface area contributed by atoms with Gasteiger partial charge in [-0.3, -0.25) is 4.90 Å². The summed E-state index contributed by atoms with van der Waals surface area (Å²) < 4.78 is 20.0. The Morgan fingerprint density at radius 1 is 1.53 bits per heavy atom. The first kappa shape index (κ1) is 14.9. The average Bonchev–Trinajstić information content (AvgIpc) is 2.37. The van der Waals surface area contributed by atoms with E-state index in [-0.39, 0.29) is 17.9 Å². The summed E-state index contributed by atoms with van der Waals surface area (Å²) in [6, 6.07) is 5.12. The lowest BCUT2D eigenvalue weighted by molar-refractivity contribution is 0.0831. The third kappa shape index (κ3) is 3.54. The van der Waals surface area contributed by atoms with E-state index in [2.05, 4.69) is 20.8 Å². The molecule has 0 radical (unpaired) electrons. The Balaban J connectivity index is 2.25. The highest BCUT2D eigenvalue weighted by Crippen LogP contribution is 2.32. The molecule has 0 bridgehead atoms. The Kier molecular flexibility index (Phi) is 5.33. The van der Waals surface area contributed by atoms with E-state index in [0.29, 0.717) is 12.2 Å². The van der Waals surface area contributed by atoms with E-state index in [9.17, 15) is 4.39 Å². The number of likely N-dealkylation sites (tertiary alicyclic amines) is 1. The van der Waals surface area contributed by atoms with Crippen LogP contribution >= 0.6 is 15.9 Å². The van der Waals surface area contributed by atoms with Gasteiger partial charge < -0.3 is 10.5 Å². The minimum atomic E-state index is -0.195. The standard InChI is InChI=1S/C14H20BrFN2O/c1-19-8-7-18-6-2-3-13(17)14(18)11-5-4-10(15)9-12(11)16/h4-5,9,13-14H,2-3,6-8,17H2,1H3. The summed E-state index contributed by atoms with van der Waals surface area (Å²) in [7, 11) is 1.68. The molecule has 106 valence electrons. The van der Waals surface area contributed by atoms with E-state index >= 15 is 0 Å². The second-order valence-corrected chi connectivity index (χ2v) is 5.86. The van der Waals surface area contributed by atoms with E-state index in [0.717, 1.165) is 30.4 Å². The van der Waals surface area contributed by atoms with Gasteiger partial charge >= 0.3 is 0 Å². The zero-order chi connectivity index (χ0) is 13.8. The van der Waals surface area contributed by atoms with E-state index in [1.165, 1.54) is 6.07 Å². The summed E-state index contributed by atoms with van der Waals surface area (Å²) in [5.41, 5.74) is 6.91. The number of benzene rings is 1. The molecule has 2 rings (SSSR count). The molecule has 0 spiro atoms. The summed E-state index contributed by atoms with van der Waals surface area (Å²) in [5, 5.41) is 0. The number of methoxy groups -OCH3 is 1. The Morgan fingerprint density at radius 3 is 3.00 bits per heavy atom. The molecule has 0 amide bonds. The Labute approximate surface area is 122 Å². The molecule has 1 fully saturated rings. The highest BCUT2D eigenvalue weighted by molar-refractivity contribution is 9.10. The zero-order valence-electron chi connectivity index (χ0n) is 11.1. The first-order valence-electron chi connectivity index (χ1n) is 6.57. The summed E-state index contributed by atoms with van der Waals surface area (Å²) >= 11 is 3.29. The number of hydrogen-bond acceptors (Lipinski definition) is 3. The molecule has 0 aliphatic carbocycles. The maximum absolute atomic E-state index is 14.2. The number of nitrogens with two attached hydrogens (primary N) is 1. The maximum Gasteiger partial charge on any atom is 0.129 e. The molecule has 1 aromatic rings. The topological polar surface area (TPSA) is 38.5 Å². The molecule has 2 atom stereocenters. The van der Waals surface area contributed by atoms with Gasteiger partial charge in [0.15, 0.2) is 0 Å². The van der Waals surface area contributed by atoms with E-state index in [1.54, 1.807) is 7.11 Å². The molecule has 0 aromatic heterocycles. The van der Waals surface area contributed by atoms with Crippen molar-refractivity contribution in [3.05, 3.63) is 34.1 Å². The van der Waals surface area contributed by atoms with Crippen LogP contribution in [0.4, 0.5) is 4.39 Å². The molecule has 1 aliphatic rings. The molecule has 5 heteroatoms. The molecule has 2 N–H and O–H groups in total. The van der Waals surface area contributed by atoms with Crippen LogP contribution in [0.1, 0.15) is 24.4 Å². The largest absolute Gasteiger partial charge is 0.383 e. The average molecular weight is 331 g/mol. The highest BCUT2D eigenvalue weighted by atomic mass is 79.9. The van der Waals surface area contributed by atoms with Crippen molar-refractivity contribution >= 4 is 15.9 Å². The van der Waals surface area contributed by atoms with Crippen molar-refractivity contribution in [2.75, 3.05) is 26.8 Å². The molecule has 1 saturated heterocycles. The highest BCUT2D eigenvalue weighted by Gasteiger charge is 2.31. The van der Waals surface area contributed by atoms with Crippen molar-refractivity contribution in [3.63, 3.8) is 0 Å². The molecule has 19 heavy (non-hydrogen) atoms. The van der Waals surface area contributed by atoms with Crippen LogP contribution in [0.25, 0.3) is 0 Å². The van der Waals surface area contributed by atoms with E-state index < -0.39 is 0 Å². The van der Waals surface area contributed by atoms with Crippen LogP contribution in [-0.2, 0) is 4.74 Å². The lowest BCUT2D eigenvalue weighted by Crippen LogP contribution is -2.47. The smallest absolute Gasteiger partial charge is 0.129 e. The number of hydrogen-bond donors (Lipinski definition) is 1. The lowest BCUT2D eigenvalue weighted by atomic mass is 9.90. The van der Waals surface area contributed by atoms with E-state index in [1.807, 2.05) is 12.1 Å². The summed E-state index contributed by atoms with van der Waals surface area (Å²) in [6.45, 7) is 2.36. The quantitative estimate of drug-likeness (QED) is 0.922. The number of halogens is 2. The monoisotopic (exact) mass is 330 g/mol. The molecule has 3 nitrogen and oxygen atoms in total. The molecular formula is C14H20BrFN2O. The second-order valence-electron chi connectivity index (χ2n) is 4.95. The summed E-state index contributed by atoms with van der Waals surface area (Å²) in [5.74, 6) is -0.195. The third-order valence-corrected chi connectivity index (χ3v) is 4.14. The minimum Gasteiger partial charge on any atom is -0.383 e. The number of piperidine rings is 1. The van der Waals surface area contributed by atoms with Gasteiger partial charge in [0, 0.05) is 29.7 Å². The Hall–Kier alpha value is -0.490. The molecule has 1 aromatic carbocycles. The van der Waals surface area contributed by atoms with Crippen LogP contribution in [0.5, 0.6) is 0 Å². The molecule has 1 aliphatic heterocycles. The first-order chi connectivity index (χ1) is 9.13. The SMILES string of the molecule is COCCN1CCCC(N)C1c1ccc(Br)cc1F. The first-order valence-corrected chi connectivity index (χ1v) is 7.36. The van der Waals surface area contributed by atoms with Crippen LogP contribution in [0.15, 0.2) is 22.7 Å². The van der Waals surface area contributed by atoms with Crippen molar-refractivity contribution in [1.29, 1.82) is 0 Å². The fourth-order valence-electron chi connectivity index (χ4n) is 2.73. The van der Waals surface area contributed by atoms with Gasteiger partial charge in [-0.25, -0.2) is 4.39 Å². The predicted octanol–water partition coefficient (Wildman–Crippen LogP) is 2.70. The Bertz CT molecular complexity index is 430. The van der Waals surface area contributed by atoms with Crippen molar-refractivity contribution in [1.82, 2.24) is 4.90 Å². The fourth-order valence-corrected chi connectivity index (χ4v) is 3.06. The Morgan fingerprint density at radius 2 is 2.32 bits per heavy atom. The van der Waals surface area contributed by atoms with Gasteiger partial charge in [-0.05, 0) is 31.5 Å². The molecule has 0 saturated carbocycles. The lowest BCUT2D eigenvalue weighted by Gasteiger charge is -2.40. The van der Waals surface area contributed by atoms with Gasteiger partial charge in [0.25, 0.3) is 0 Å². The minimum absolute atomic E-state index is 0.0266. The van der Waals surface area contributed by atoms with Gasteiger partial charge in [-0.1, -0.05) is 22.0 Å². The molecule has 1 heterocycles. The molecular weight excluding hydrogens is 311 g/mol. The van der Waals surface area contributed by atoms with Gasteiger partial charge in [0.2, 0.25) is 0 Å². The van der Waals surface area contributed by atoms with Gasteiger partial charge in [0.1, 0.15) is 5.82 Å². The number of ether oxygens (including phenoxy) is 1. The van der Waals surface area contributed by atoms with Crippen LogP contribution in [0.3, 0.4) is 0 Å². The van der Waals surface area contributed by atoms with Gasteiger partial charge in [-0.15, -0.1) is 0 Å². The normalized spacial score (nSPS) is 24.6.